The first-order chi connectivity index (χ1) is 9.60. The molecule has 5 nitrogen and oxygen atoms in total. The molecule has 0 amide bonds. The van der Waals surface area contributed by atoms with Crippen LogP contribution in [0.4, 0.5) is 5.69 Å². The average molecular weight is 287 g/mol. The van der Waals surface area contributed by atoms with E-state index in [0.717, 1.165) is 10.4 Å². The van der Waals surface area contributed by atoms with Crippen molar-refractivity contribution in [3.8, 4) is 6.07 Å². The van der Waals surface area contributed by atoms with Crippen LogP contribution >= 0.6 is 11.3 Å². The van der Waals surface area contributed by atoms with Crippen LogP contribution in [0.2, 0.25) is 0 Å². The molecule has 2 rings (SSSR count). The van der Waals surface area contributed by atoms with E-state index in [4.69, 9.17) is 5.26 Å². The Hall–Kier alpha value is -2.23. The zero-order valence-corrected chi connectivity index (χ0v) is 11.7. The number of nitro groups is 1. The minimum absolute atomic E-state index is 0.00235. The molecular formula is C14H13N3O2S. The highest BCUT2D eigenvalue weighted by Gasteiger charge is 2.11. The third kappa shape index (κ3) is 3.41. The number of nitrogens with one attached hydrogen (secondary N) is 1. The third-order valence-electron chi connectivity index (χ3n) is 2.95. The van der Waals surface area contributed by atoms with E-state index >= 15 is 0 Å². The Balaban J connectivity index is 2.01. The number of hydrogen-bond acceptors (Lipinski definition) is 5. The predicted octanol–water partition coefficient (Wildman–Crippen LogP) is 3.38. The molecule has 102 valence electrons. The highest BCUT2D eigenvalue weighted by atomic mass is 32.1. The van der Waals surface area contributed by atoms with Crippen molar-refractivity contribution < 1.29 is 4.92 Å². The lowest BCUT2D eigenvalue weighted by atomic mass is 10.1. The quantitative estimate of drug-likeness (QED) is 0.675. The van der Waals surface area contributed by atoms with Crippen molar-refractivity contribution in [2.75, 3.05) is 0 Å². The van der Waals surface area contributed by atoms with Gasteiger partial charge in [0.2, 0.25) is 0 Å². The summed E-state index contributed by atoms with van der Waals surface area (Å²) in [4.78, 5) is 11.4. The number of nitro benzene ring substituents is 1. The maximum Gasteiger partial charge on any atom is 0.269 e. The first-order valence-electron chi connectivity index (χ1n) is 6.05. The van der Waals surface area contributed by atoms with Gasteiger partial charge in [-0.15, -0.1) is 11.3 Å². The van der Waals surface area contributed by atoms with E-state index in [-0.39, 0.29) is 11.7 Å². The van der Waals surface area contributed by atoms with E-state index in [1.165, 1.54) is 17.4 Å². The molecule has 0 bridgehead atoms. The summed E-state index contributed by atoms with van der Waals surface area (Å²) < 4.78 is 0. The Morgan fingerprint density at radius 3 is 2.95 bits per heavy atom. The summed E-state index contributed by atoms with van der Waals surface area (Å²) in [7, 11) is 0. The van der Waals surface area contributed by atoms with Gasteiger partial charge in [0.25, 0.3) is 5.69 Å². The fourth-order valence-electron chi connectivity index (χ4n) is 1.81. The van der Waals surface area contributed by atoms with E-state index in [9.17, 15) is 10.1 Å². The molecule has 1 N–H and O–H groups in total. The van der Waals surface area contributed by atoms with Gasteiger partial charge in [0.15, 0.2) is 0 Å². The van der Waals surface area contributed by atoms with Crippen LogP contribution in [0.3, 0.4) is 0 Å². The summed E-state index contributed by atoms with van der Waals surface area (Å²) in [6.07, 6.45) is 0. The van der Waals surface area contributed by atoms with Gasteiger partial charge >= 0.3 is 0 Å². The van der Waals surface area contributed by atoms with Crippen molar-refractivity contribution in [3.05, 3.63) is 61.8 Å². The summed E-state index contributed by atoms with van der Waals surface area (Å²) in [6.45, 7) is 2.59. The lowest BCUT2D eigenvalue weighted by Crippen LogP contribution is -2.17. The summed E-state index contributed by atoms with van der Waals surface area (Å²) in [5, 5.41) is 24.6. The van der Waals surface area contributed by atoms with E-state index in [1.807, 2.05) is 24.4 Å². The van der Waals surface area contributed by atoms with Gasteiger partial charge in [-0.2, -0.15) is 5.26 Å². The van der Waals surface area contributed by atoms with Crippen molar-refractivity contribution in [3.63, 3.8) is 0 Å². The van der Waals surface area contributed by atoms with Crippen LogP contribution in [0.1, 0.15) is 29.0 Å². The maximum absolute atomic E-state index is 10.7. The Morgan fingerprint density at radius 1 is 1.50 bits per heavy atom. The molecule has 1 atom stereocenters. The van der Waals surface area contributed by atoms with Crippen LogP contribution in [-0.2, 0) is 6.54 Å². The van der Waals surface area contributed by atoms with Crippen LogP contribution in [0.15, 0.2) is 35.7 Å². The molecule has 1 heterocycles. The van der Waals surface area contributed by atoms with Crippen molar-refractivity contribution in [1.29, 1.82) is 5.26 Å². The van der Waals surface area contributed by atoms with Crippen LogP contribution in [-0.4, -0.2) is 4.92 Å². The molecule has 0 spiro atoms. The SMILES string of the molecule is CC(NCc1cc(C#N)cs1)c1cccc([N+](=O)[O-])c1. The number of benzene rings is 1. The second kappa shape index (κ2) is 6.28. The molecule has 20 heavy (non-hydrogen) atoms. The Kier molecular flexibility index (Phi) is 4.45. The first-order valence-corrected chi connectivity index (χ1v) is 6.93. The molecule has 0 saturated carbocycles. The average Bonchev–Trinajstić information content (AvgIpc) is 2.93. The zero-order chi connectivity index (χ0) is 14.5. The summed E-state index contributed by atoms with van der Waals surface area (Å²) in [5.41, 5.74) is 1.63. The van der Waals surface area contributed by atoms with Crippen molar-refractivity contribution in [2.45, 2.75) is 19.5 Å². The topological polar surface area (TPSA) is 79.0 Å². The molecule has 0 aliphatic carbocycles. The molecule has 0 radical (unpaired) electrons. The first kappa shape index (κ1) is 14.2. The van der Waals surface area contributed by atoms with E-state index < -0.39 is 4.92 Å². The van der Waals surface area contributed by atoms with Crippen molar-refractivity contribution in [1.82, 2.24) is 5.32 Å². The monoisotopic (exact) mass is 287 g/mol. The second-order valence-corrected chi connectivity index (χ2v) is 5.36. The van der Waals surface area contributed by atoms with E-state index in [0.29, 0.717) is 12.1 Å². The number of rotatable bonds is 5. The molecule has 6 heteroatoms. The highest BCUT2D eigenvalue weighted by molar-refractivity contribution is 7.10. The molecular weight excluding hydrogens is 274 g/mol. The second-order valence-electron chi connectivity index (χ2n) is 4.37. The third-order valence-corrected chi connectivity index (χ3v) is 3.88. The van der Waals surface area contributed by atoms with Crippen LogP contribution in [0, 0.1) is 21.4 Å². The molecule has 1 unspecified atom stereocenters. The normalized spacial score (nSPS) is 11.8. The van der Waals surface area contributed by atoms with Crippen LogP contribution in [0.25, 0.3) is 0 Å². The number of nitriles is 1. The van der Waals surface area contributed by atoms with Gasteiger partial charge in [-0.25, -0.2) is 0 Å². The lowest BCUT2D eigenvalue weighted by Gasteiger charge is -2.13. The highest BCUT2D eigenvalue weighted by Crippen LogP contribution is 2.20. The largest absolute Gasteiger partial charge is 0.305 e. The van der Waals surface area contributed by atoms with Gasteiger partial charge in [0.05, 0.1) is 10.5 Å². The van der Waals surface area contributed by atoms with Gasteiger partial charge in [-0.05, 0) is 18.6 Å². The fraction of sp³-hybridized carbons (Fsp3) is 0.214. The van der Waals surface area contributed by atoms with Crippen LogP contribution < -0.4 is 5.32 Å². The summed E-state index contributed by atoms with van der Waals surface area (Å²) >= 11 is 1.53. The zero-order valence-electron chi connectivity index (χ0n) is 10.9. The minimum Gasteiger partial charge on any atom is -0.305 e. The van der Waals surface area contributed by atoms with Gasteiger partial charge in [0.1, 0.15) is 6.07 Å². The minimum atomic E-state index is -0.394. The lowest BCUT2D eigenvalue weighted by molar-refractivity contribution is -0.384. The molecule has 0 aliphatic rings. The number of non-ortho nitro benzene ring substituents is 1. The van der Waals surface area contributed by atoms with Gasteiger partial charge in [-0.1, -0.05) is 12.1 Å². The smallest absolute Gasteiger partial charge is 0.269 e. The molecule has 1 aromatic carbocycles. The van der Waals surface area contributed by atoms with Crippen LogP contribution in [0.5, 0.6) is 0 Å². The number of nitrogens with zero attached hydrogens (tertiary/aromatic N) is 2. The molecule has 0 saturated heterocycles. The number of hydrogen-bond donors (Lipinski definition) is 1. The Morgan fingerprint density at radius 2 is 2.30 bits per heavy atom. The molecule has 0 aliphatic heterocycles. The standard InChI is InChI=1S/C14H13N3O2S/c1-10(12-3-2-4-13(6-12)17(18)19)16-8-14-5-11(7-15)9-20-14/h2-6,9-10,16H,8H2,1H3. The predicted molar refractivity (Wildman–Crippen MR) is 77.4 cm³/mol. The van der Waals surface area contributed by atoms with Crippen molar-refractivity contribution >= 4 is 17.0 Å². The molecule has 2 aromatic rings. The molecule has 1 aromatic heterocycles. The van der Waals surface area contributed by atoms with Crippen molar-refractivity contribution in [2.24, 2.45) is 0 Å². The van der Waals surface area contributed by atoms with Gasteiger partial charge < -0.3 is 5.32 Å². The molecule has 0 fully saturated rings. The Bertz CT molecular complexity index is 660. The van der Waals surface area contributed by atoms with E-state index in [2.05, 4.69) is 11.4 Å². The summed E-state index contributed by atoms with van der Waals surface area (Å²) in [6, 6.07) is 10.5. The van der Waals surface area contributed by atoms with E-state index in [1.54, 1.807) is 12.1 Å². The maximum atomic E-state index is 10.7. The van der Waals surface area contributed by atoms with Gasteiger partial charge in [-0.3, -0.25) is 10.1 Å². The fourth-order valence-corrected chi connectivity index (χ4v) is 2.57. The Labute approximate surface area is 120 Å². The van der Waals surface area contributed by atoms with Gasteiger partial charge in [0, 0.05) is 35.0 Å². The summed E-state index contributed by atoms with van der Waals surface area (Å²) in [5.74, 6) is 0. The number of thiophene rings is 1.